The smallest absolute Gasteiger partial charge is 0.251 e. The Balaban J connectivity index is 2.15. The van der Waals surface area contributed by atoms with Crippen molar-refractivity contribution in [3.63, 3.8) is 0 Å². The highest BCUT2D eigenvalue weighted by Gasteiger charge is 2.17. The molecule has 1 atom stereocenters. The Morgan fingerprint density at radius 3 is 2.23 bits per heavy atom. The SMILES string of the molecule is CCN(c1ccc(C(=O)N[C@@H](C)c2ccc(C)cc2C)cc1)S(C)(=O)=O. The highest BCUT2D eigenvalue weighted by Crippen LogP contribution is 2.21. The molecule has 2 aromatic rings. The van der Waals surface area contributed by atoms with Crippen LogP contribution in [0, 0.1) is 13.8 Å². The first-order chi connectivity index (χ1) is 12.1. The lowest BCUT2D eigenvalue weighted by molar-refractivity contribution is 0.0940. The summed E-state index contributed by atoms with van der Waals surface area (Å²) in [5, 5.41) is 2.99. The van der Waals surface area contributed by atoms with Gasteiger partial charge in [-0.25, -0.2) is 8.42 Å². The number of carbonyl (C=O) groups is 1. The van der Waals surface area contributed by atoms with Crippen LogP contribution in [0.3, 0.4) is 0 Å². The average molecular weight is 375 g/mol. The molecule has 0 fully saturated rings. The standard InChI is InChI=1S/C20H26N2O3S/c1-6-22(26(5,24)25)18-10-8-17(9-11-18)20(23)21-16(4)19-12-7-14(2)13-15(19)3/h7-13,16H,6H2,1-5H3,(H,21,23)/t16-/m0/s1. The summed E-state index contributed by atoms with van der Waals surface area (Å²) >= 11 is 0. The van der Waals surface area contributed by atoms with E-state index in [1.807, 2.05) is 32.9 Å². The van der Waals surface area contributed by atoms with Crippen LogP contribution in [0.4, 0.5) is 5.69 Å². The molecule has 0 heterocycles. The molecular weight excluding hydrogens is 348 g/mol. The van der Waals surface area contributed by atoms with Gasteiger partial charge >= 0.3 is 0 Å². The van der Waals surface area contributed by atoms with Crippen molar-refractivity contribution in [2.75, 3.05) is 17.1 Å². The maximum atomic E-state index is 12.5. The lowest BCUT2D eigenvalue weighted by atomic mass is 10.00. The zero-order valence-electron chi connectivity index (χ0n) is 15.9. The highest BCUT2D eigenvalue weighted by atomic mass is 32.2. The lowest BCUT2D eigenvalue weighted by Gasteiger charge is -2.21. The summed E-state index contributed by atoms with van der Waals surface area (Å²) in [7, 11) is -3.33. The molecule has 1 amide bonds. The molecule has 1 N–H and O–H groups in total. The predicted molar refractivity (Wildman–Crippen MR) is 106 cm³/mol. The van der Waals surface area contributed by atoms with Crippen LogP contribution in [-0.4, -0.2) is 27.1 Å². The van der Waals surface area contributed by atoms with Crippen LogP contribution < -0.4 is 9.62 Å². The van der Waals surface area contributed by atoms with Crippen molar-refractivity contribution < 1.29 is 13.2 Å². The van der Waals surface area contributed by atoms with Crippen molar-refractivity contribution in [2.24, 2.45) is 0 Å². The van der Waals surface area contributed by atoms with Gasteiger partial charge < -0.3 is 5.32 Å². The van der Waals surface area contributed by atoms with Gasteiger partial charge in [0.15, 0.2) is 0 Å². The van der Waals surface area contributed by atoms with E-state index in [0.29, 0.717) is 17.8 Å². The molecule has 0 bridgehead atoms. The van der Waals surface area contributed by atoms with Gasteiger partial charge in [-0.2, -0.15) is 0 Å². The second-order valence-electron chi connectivity index (χ2n) is 6.53. The minimum atomic E-state index is -3.33. The van der Waals surface area contributed by atoms with Crippen molar-refractivity contribution in [3.8, 4) is 0 Å². The van der Waals surface area contributed by atoms with E-state index in [0.717, 1.165) is 11.1 Å². The number of aryl methyl sites for hydroxylation is 2. The molecule has 2 rings (SSSR count). The molecule has 0 aliphatic heterocycles. The number of benzene rings is 2. The summed E-state index contributed by atoms with van der Waals surface area (Å²) in [6, 6.07) is 12.6. The van der Waals surface area contributed by atoms with Crippen LogP contribution >= 0.6 is 0 Å². The first-order valence-corrected chi connectivity index (χ1v) is 10.4. The van der Waals surface area contributed by atoms with Crippen molar-refractivity contribution in [3.05, 3.63) is 64.7 Å². The van der Waals surface area contributed by atoms with Crippen LogP contribution in [-0.2, 0) is 10.0 Å². The molecule has 0 spiro atoms. The largest absolute Gasteiger partial charge is 0.346 e. The number of hydrogen-bond acceptors (Lipinski definition) is 3. The van der Waals surface area contributed by atoms with Gasteiger partial charge in [0.2, 0.25) is 10.0 Å². The van der Waals surface area contributed by atoms with E-state index >= 15 is 0 Å². The zero-order valence-corrected chi connectivity index (χ0v) is 16.7. The predicted octanol–water partition coefficient (Wildman–Crippen LogP) is 3.58. The zero-order chi connectivity index (χ0) is 19.5. The average Bonchev–Trinajstić information content (AvgIpc) is 2.54. The van der Waals surface area contributed by atoms with Crippen LogP contribution in [0.2, 0.25) is 0 Å². The van der Waals surface area contributed by atoms with Crippen molar-refractivity contribution in [1.29, 1.82) is 0 Å². The second-order valence-corrected chi connectivity index (χ2v) is 8.44. The van der Waals surface area contributed by atoms with Crippen molar-refractivity contribution in [1.82, 2.24) is 5.32 Å². The number of nitrogens with zero attached hydrogens (tertiary/aromatic N) is 1. The van der Waals surface area contributed by atoms with Crippen LogP contribution in [0.25, 0.3) is 0 Å². The Morgan fingerprint density at radius 1 is 1.12 bits per heavy atom. The molecule has 2 aromatic carbocycles. The van der Waals surface area contributed by atoms with Crippen molar-refractivity contribution >= 4 is 21.6 Å². The van der Waals surface area contributed by atoms with Gasteiger partial charge in [0.1, 0.15) is 0 Å². The van der Waals surface area contributed by atoms with Gasteiger partial charge in [-0.3, -0.25) is 9.10 Å². The fourth-order valence-electron chi connectivity index (χ4n) is 3.06. The summed E-state index contributed by atoms with van der Waals surface area (Å²) < 4.78 is 24.9. The summed E-state index contributed by atoms with van der Waals surface area (Å²) in [5.41, 5.74) is 4.45. The van der Waals surface area contributed by atoms with E-state index in [1.165, 1.54) is 16.1 Å². The van der Waals surface area contributed by atoms with Gasteiger partial charge in [0.25, 0.3) is 5.91 Å². The minimum absolute atomic E-state index is 0.120. The van der Waals surface area contributed by atoms with E-state index in [4.69, 9.17) is 0 Å². The molecular formula is C20H26N2O3S. The molecule has 0 aliphatic carbocycles. The van der Waals surface area contributed by atoms with Gasteiger partial charge in [-0.1, -0.05) is 23.8 Å². The van der Waals surface area contributed by atoms with E-state index in [9.17, 15) is 13.2 Å². The molecule has 0 aromatic heterocycles. The first-order valence-electron chi connectivity index (χ1n) is 8.59. The molecule has 0 radical (unpaired) electrons. The third-order valence-electron chi connectivity index (χ3n) is 4.34. The molecule has 0 unspecified atom stereocenters. The summed E-state index contributed by atoms with van der Waals surface area (Å²) in [6.07, 6.45) is 1.17. The molecule has 26 heavy (non-hydrogen) atoms. The third-order valence-corrected chi connectivity index (χ3v) is 5.61. The van der Waals surface area contributed by atoms with Gasteiger partial charge in [0.05, 0.1) is 18.0 Å². The highest BCUT2D eigenvalue weighted by molar-refractivity contribution is 7.92. The monoisotopic (exact) mass is 374 g/mol. The molecule has 5 nitrogen and oxygen atoms in total. The number of amides is 1. The topological polar surface area (TPSA) is 66.5 Å². The summed E-state index contributed by atoms with van der Waals surface area (Å²) in [4.78, 5) is 12.5. The van der Waals surface area contributed by atoms with Crippen molar-refractivity contribution in [2.45, 2.75) is 33.7 Å². The number of nitrogens with one attached hydrogen (secondary N) is 1. The molecule has 140 valence electrons. The van der Waals surface area contributed by atoms with Gasteiger partial charge in [0, 0.05) is 12.1 Å². The Morgan fingerprint density at radius 2 is 1.73 bits per heavy atom. The minimum Gasteiger partial charge on any atom is -0.346 e. The van der Waals surface area contributed by atoms with E-state index in [-0.39, 0.29) is 11.9 Å². The maximum Gasteiger partial charge on any atom is 0.251 e. The van der Waals surface area contributed by atoms with Gasteiger partial charge in [-0.15, -0.1) is 0 Å². The maximum absolute atomic E-state index is 12.5. The Labute approximate surface area is 156 Å². The molecule has 6 heteroatoms. The fourth-order valence-corrected chi connectivity index (χ4v) is 4.03. The van der Waals surface area contributed by atoms with Gasteiger partial charge in [-0.05, 0) is 63.1 Å². The second kappa shape index (κ2) is 7.91. The Kier molecular flexibility index (Phi) is 6.08. The summed E-state index contributed by atoms with van der Waals surface area (Å²) in [6.45, 7) is 8.13. The summed E-state index contributed by atoms with van der Waals surface area (Å²) in [5.74, 6) is -0.188. The number of rotatable bonds is 6. The normalized spacial score (nSPS) is 12.5. The molecule has 0 saturated heterocycles. The van der Waals surface area contributed by atoms with Crippen LogP contribution in [0.15, 0.2) is 42.5 Å². The quantitative estimate of drug-likeness (QED) is 0.840. The number of anilines is 1. The number of sulfonamides is 1. The number of carbonyl (C=O) groups excluding carboxylic acids is 1. The first kappa shape index (κ1) is 20.0. The Hall–Kier alpha value is -2.34. The van der Waals surface area contributed by atoms with Crippen LogP contribution in [0.5, 0.6) is 0 Å². The van der Waals surface area contributed by atoms with Crippen LogP contribution in [0.1, 0.15) is 46.9 Å². The fraction of sp³-hybridized carbons (Fsp3) is 0.350. The lowest BCUT2D eigenvalue weighted by Crippen LogP contribution is -2.30. The molecule has 0 aliphatic rings. The molecule has 0 saturated carbocycles. The third kappa shape index (κ3) is 4.64. The van der Waals surface area contributed by atoms with E-state index in [2.05, 4.69) is 11.4 Å². The van der Waals surface area contributed by atoms with E-state index in [1.54, 1.807) is 31.2 Å². The Bertz CT molecular complexity index is 890. The van der Waals surface area contributed by atoms with E-state index < -0.39 is 10.0 Å². The number of hydrogen-bond donors (Lipinski definition) is 1.